The van der Waals surface area contributed by atoms with Crippen molar-refractivity contribution in [3.8, 4) is 5.69 Å². The molecule has 1 N–H and O–H groups in total. The van der Waals surface area contributed by atoms with Gasteiger partial charge in [0.15, 0.2) is 5.58 Å². The highest BCUT2D eigenvalue weighted by Gasteiger charge is 2.16. The average molecular weight is 407 g/mol. The van der Waals surface area contributed by atoms with E-state index >= 15 is 0 Å². The van der Waals surface area contributed by atoms with E-state index in [4.69, 9.17) is 4.42 Å². The maximum absolute atomic E-state index is 12.5. The van der Waals surface area contributed by atoms with Gasteiger partial charge in [-0.25, -0.2) is 9.48 Å². The first kappa shape index (κ1) is 19.1. The van der Waals surface area contributed by atoms with Crippen LogP contribution in [0.5, 0.6) is 0 Å². The van der Waals surface area contributed by atoms with Crippen LogP contribution in [0.25, 0.3) is 16.8 Å². The molecule has 0 radical (unpaired) electrons. The zero-order valence-corrected chi connectivity index (χ0v) is 16.2. The van der Waals surface area contributed by atoms with Crippen molar-refractivity contribution in [1.82, 2.24) is 14.3 Å². The Morgan fingerprint density at radius 1 is 1.20 bits per heavy atom. The highest BCUT2D eigenvalue weighted by Crippen LogP contribution is 2.20. The molecule has 4 rings (SSSR count). The summed E-state index contributed by atoms with van der Waals surface area (Å²) in [5.41, 5.74) is 3.33. The molecule has 0 aliphatic carbocycles. The van der Waals surface area contributed by atoms with Gasteiger partial charge in [-0.3, -0.25) is 19.5 Å². The Kier molecular flexibility index (Phi) is 4.66. The molecule has 1 amide bonds. The maximum atomic E-state index is 12.5. The summed E-state index contributed by atoms with van der Waals surface area (Å²) in [6.45, 7) is 3.54. The Balaban J connectivity index is 1.56. The third kappa shape index (κ3) is 3.58. The van der Waals surface area contributed by atoms with E-state index in [1.807, 2.05) is 26.0 Å². The van der Waals surface area contributed by atoms with E-state index in [0.717, 1.165) is 27.7 Å². The Hall–Kier alpha value is -4.21. The standard InChI is InChI=1S/C20H17N5O5/c1-12-8-13(2)24(22-12)15-5-3-4-14(9-15)21-19(26)11-23-17-7-6-16(25(28)29)10-18(17)30-20(23)27/h3-10H,11H2,1-2H3,(H,21,26). The third-order valence-electron chi connectivity index (χ3n) is 4.55. The van der Waals surface area contributed by atoms with E-state index in [0.29, 0.717) is 11.2 Å². The van der Waals surface area contributed by atoms with Crippen molar-refractivity contribution in [3.05, 3.63) is 80.6 Å². The van der Waals surface area contributed by atoms with Crippen molar-refractivity contribution in [2.45, 2.75) is 20.4 Å². The van der Waals surface area contributed by atoms with E-state index in [1.165, 1.54) is 12.1 Å². The van der Waals surface area contributed by atoms with Crippen LogP contribution in [0.15, 0.2) is 57.7 Å². The van der Waals surface area contributed by atoms with Crippen LogP contribution in [0.3, 0.4) is 0 Å². The van der Waals surface area contributed by atoms with E-state index in [9.17, 15) is 19.7 Å². The molecular formula is C20H17N5O5. The molecule has 0 spiro atoms. The second kappa shape index (κ2) is 7.32. The molecule has 10 heteroatoms. The number of carbonyl (C=O) groups is 1. The number of oxazole rings is 1. The number of nitro groups is 1. The lowest BCUT2D eigenvalue weighted by atomic mass is 10.2. The Morgan fingerprint density at radius 3 is 2.70 bits per heavy atom. The van der Waals surface area contributed by atoms with Crippen molar-refractivity contribution in [1.29, 1.82) is 0 Å². The largest absolute Gasteiger partial charge is 0.420 e. The molecule has 0 unspecified atom stereocenters. The lowest BCUT2D eigenvalue weighted by Crippen LogP contribution is -2.24. The van der Waals surface area contributed by atoms with Gasteiger partial charge in [0.25, 0.3) is 5.69 Å². The van der Waals surface area contributed by atoms with Crippen LogP contribution < -0.4 is 11.1 Å². The molecule has 2 aromatic heterocycles. The predicted molar refractivity (Wildman–Crippen MR) is 109 cm³/mol. The highest BCUT2D eigenvalue weighted by molar-refractivity contribution is 5.91. The zero-order chi connectivity index (χ0) is 21.4. The van der Waals surface area contributed by atoms with Crippen molar-refractivity contribution >= 4 is 28.4 Å². The summed E-state index contributed by atoms with van der Waals surface area (Å²) in [5, 5.41) is 18.1. The van der Waals surface area contributed by atoms with Crippen molar-refractivity contribution < 1.29 is 14.1 Å². The minimum absolute atomic E-state index is 0.0496. The van der Waals surface area contributed by atoms with Crippen molar-refractivity contribution in [3.63, 3.8) is 0 Å². The molecule has 0 atom stereocenters. The van der Waals surface area contributed by atoms with Gasteiger partial charge in [0.1, 0.15) is 6.54 Å². The van der Waals surface area contributed by atoms with Gasteiger partial charge >= 0.3 is 5.76 Å². The number of nitro benzene ring substituents is 1. The van der Waals surface area contributed by atoms with E-state index in [-0.39, 0.29) is 17.8 Å². The molecule has 2 heterocycles. The molecule has 10 nitrogen and oxygen atoms in total. The SMILES string of the molecule is Cc1cc(C)n(-c2cccc(NC(=O)Cn3c(=O)oc4cc([N+](=O)[O-])ccc43)c2)n1. The van der Waals surface area contributed by atoms with Crippen LogP contribution in [0, 0.1) is 24.0 Å². The molecule has 30 heavy (non-hydrogen) atoms. The van der Waals surface area contributed by atoms with Crippen LogP contribution in [0.4, 0.5) is 11.4 Å². The molecule has 0 saturated heterocycles. The van der Waals surface area contributed by atoms with Crippen LogP contribution in [-0.2, 0) is 11.3 Å². The van der Waals surface area contributed by atoms with Crippen molar-refractivity contribution in [2.75, 3.05) is 5.32 Å². The number of fused-ring (bicyclic) bond motifs is 1. The van der Waals surface area contributed by atoms with Crippen LogP contribution in [0.2, 0.25) is 0 Å². The number of anilines is 1. The Bertz CT molecular complexity index is 1350. The lowest BCUT2D eigenvalue weighted by Gasteiger charge is -2.09. The Labute approximate surface area is 169 Å². The quantitative estimate of drug-likeness (QED) is 0.400. The molecule has 0 saturated carbocycles. The first-order chi connectivity index (χ1) is 14.3. The molecular weight excluding hydrogens is 390 g/mol. The number of aryl methyl sites for hydroxylation is 2. The van der Waals surface area contributed by atoms with Crippen LogP contribution in [0.1, 0.15) is 11.4 Å². The summed E-state index contributed by atoms with van der Waals surface area (Å²) < 4.78 is 7.94. The summed E-state index contributed by atoms with van der Waals surface area (Å²) in [6.07, 6.45) is 0. The molecule has 0 aliphatic heterocycles. The molecule has 152 valence electrons. The number of carbonyl (C=O) groups excluding carboxylic acids is 1. The normalized spacial score (nSPS) is 11.0. The fourth-order valence-electron chi connectivity index (χ4n) is 3.27. The molecule has 4 aromatic rings. The predicted octanol–water partition coefficient (Wildman–Crippen LogP) is 2.94. The van der Waals surface area contributed by atoms with Gasteiger partial charge in [-0.15, -0.1) is 0 Å². The molecule has 0 bridgehead atoms. The van der Waals surface area contributed by atoms with Gasteiger partial charge in [-0.2, -0.15) is 5.10 Å². The summed E-state index contributed by atoms with van der Waals surface area (Å²) in [7, 11) is 0. The summed E-state index contributed by atoms with van der Waals surface area (Å²) >= 11 is 0. The number of aromatic nitrogens is 3. The van der Waals surface area contributed by atoms with Gasteiger partial charge < -0.3 is 9.73 Å². The minimum Gasteiger partial charge on any atom is -0.407 e. The van der Waals surface area contributed by atoms with Crippen LogP contribution in [-0.4, -0.2) is 25.2 Å². The second-order valence-electron chi connectivity index (χ2n) is 6.80. The summed E-state index contributed by atoms with van der Waals surface area (Å²) in [6, 6.07) is 12.9. The Morgan fingerprint density at radius 2 is 2.00 bits per heavy atom. The minimum atomic E-state index is -0.767. The molecule has 0 fully saturated rings. The molecule has 0 aliphatic rings. The fourth-order valence-corrected chi connectivity index (χ4v) is 3.27. The number of amides is 1. The fraction of sp³-hybridized carbons (Fsp3) is 0.150. The van der Waals surface area contributed by atoms with Gasteiger partial charge in [-0.05, 0) is 44.2 Å². The number of nitrogens with one attached hydrogen (secondary N) is 1. The topological polar surface area (TPSA) is 125 Å². The number of benzene rings is 2. The first-order valence-electron chi connectivity index (χ1n) is 9.03. The van der Waals surface area contributed by atoms with Gasteiger partial charge in [0, 0.05) is 17.4 Å². The number of hydrogen-bond donors (Lipinski definition) is 1. The summed E-state index contributed by atoms with van der Waals surface area (Å²) in [5.74, 6) is -1.21. The second-order valence-corrected chi connectivity index (χ2v) is 6.80. The van der Waals surface area contributed by atoms with E-state index < -0.39 is 16.6 Å². The van der Waals surface area contributed by atoms with Crippen molar-refractivity contribution in [2.24, 2.45) is 0 Å². The van der Waals surface area contributed by atoms with E-state index in [1.54, 1.807) is 22.9 Å². The third-order valence-corrected chi connectivity index (χ3v) is 4.55. The number of hydrogen-bond acceptors (Lipinski definition) is 6. The smallest absolute Gasteiger partial charge is 0.407 e. The van der Waals surface area contributed by atoms with Gasteiger partial charge in [-0.1, -0.05) is 6.07 Å². The highest BCUT2D eigenvalue weighted by atomic mass is 16.6. The van der Waals surface area contributed by atoms with Gasteiger partial charge in [0.2, 0.25) is 5.91 Å². The zero-order valence-electron chi connectivity index (χ0n) is 16.2. The summed E-state index contributed by atoms with van der Waals surface area (Å²) in [4.78, 5) is 34.9. The van der Waals surface area contributed by atoms with E-state index in [2.05, 4.69) is 10.4 Å². The lowest BCUT2D eigenvalue weighted by molar-refractivity contribution is -0.384. The molecule has 2 aromatic carbocycles. The van der Waals surface area contributed by atoms with Crippen LogP contribution >= 0.6 is 0 Å². The van der Waals surface area contributed by atoms with Gasteiger partial charge in [0.05, 0.1) is 27.9 Å². The average Bonchev–Trinajstić information content (AvgIpc) is 3.19. The maximum Gasteiger partial charge on any atom is 0.420 e. The first-order valence-corrected chi connectivity index (χ1v) is 9.03. The number of non-ortho nitro benzene ring substituents is 1. The monoisotopic (exact) mass is 407 g/mol. The number of rotatable bonds is 5. The number of nitrogens with zero attached hydrogens (tertiary/aromatic N) is 4.